The Bertz CT molecular complexity index is 2860. The fraction of sp³-hybridized carbons (Fsp3) is 0. The number of pyridine rings is 1. The Hall–Kier alpha value is -6.23. The van der Waals surface area contributed by atoms with Gasteiger partial charge in [-0.05, 0) is 46.2 Å². The molecule has 0 aliphatic heterocycles. The van der Waals surface area contributed by atoms with Crippen LogP contribution in [0.2, 0.25) is 0 Å². The molecular weight excluding hydrogens is 615 g/mol. The predicted molar refractivity (Wildman–Crippen MR) is 207 cm³/mol. The van der Waals surface area contributed by atoms with Crippen LogP contribution in [0.1, 0.15) is 0 Å². The van der Waals surface area contributed by atoms with E-state index < -0.39 is 0 Å². The number of thiophene rings is 1. The van der Waals surface area contributed by atoms with Crippen molar-refractivity contribution in [1.82, 2.24) is 15.0 Å². The van der Waals surface area contributed by atoms with Crippen molar-refractivity contribution in [1.29, 1.82) is 0 Å². The van der Waals surface area contributed by atoms with Crippen molar-refractivity contribution in [2.75, 3.05) is 0 Å². The third-order valence-electron chi connectivity index (χ3n) is 9.46. The van der Waals surface area contributed by atoms with E-state index in [2.05, 4.69) is 133 Å². The van der Waals surface area contributed by atoms with Crippen LogP contribution in [0.3, 0.4) is 0 Å². The summed E-state index contributed by atoms with van der Waals surface area (Å²) in [5.41, 5.74) is 9.44. The molecule has 0 unspecified atom stereocenters. The van der Waals surface area contributed by atoms with Gasteiger partial charge < -0.3 is 0 Å². The fourth-order valence-electron chi connectivity index (χ4n) is 7.01. The second kappa shape index (κ2) is 11.2. The molecule has 228 valence electrons. The first kappa shape index (κ1) is 27.8. The molecule has 0 spiro atoms. The zero-order chi connectivity index (χ0) is 32.3. The van der Waals surface area contributed by atoms with Gasteiger partial charge in [0.05, 0.1) is 22.4 Å². The zero-order valence-corrected chi connectivity index (χ0v) is 27.2. The molecule has 0 bridgehead atoms. The summed E-state index contributed by atoms with van der Waals surface area (Å²) >= 11 is 1.86. The van der Waals surface area contributed by atoms with Gasteiger partial charge in [0.2, 0.25) is 0 Å². The van der Waals surface area contributed by atoms with Crippen LogP contribution < -0.4 is 0 Å². The minimum absolute atomic E-state index is 0.733. The lowest BCUT2D eigenvalue weighted by Crippen LogP contribution is -1.95. The molecule has 3 nitrogen and oxygen atoms in total. The molecule has 4 heteroatoms. The van der Waals surface area contributed by atoms with Crippen LogP contribution in [-0.2, 0) is 0 Å². The minimum Gasteiger partial charge on any atom is -0.247 e. The normalized spacial score (nSPS) is 11.7. The summed E-state index contributed by atoms with van der Waals surface area (Å²) in [7, 11) is 0. The number of para-hydroxylation sites is 1. The maximum absolute atomic E-state index is 5.34. The van der Waals surface area contributed by atoms with Crippen LogP contribution in [-0.4, -0.2) is 15.0 Å². The SMILES string of the molecule is c1ccc(-c2nc(-c3ccc(-c4ccc(-c5nc6cc7ccccc7cc6c6sc7ccccc7c56)cc4)cc3)c3ccccc3n2)cc1. The molecule has 0 N–H and O–H groups in total. The van der Waals surface area contributed by atoms with Gasteiger partial charge in [0.1, 0.15) is 0 Å². The molecule has 0 amide bonds. The highest BCUT2D eigenvalue weighted by molar-refractivity contribution is 7.26. The Morgan fingerprint density at radius 3 is 1.71 bits per heavy atom. The molecule has 0 fully saturated rings. The molecule has 0 saturated heterocycles. The van der Waals surface area contributed by atoms with Crippen molar-refractivity contribution in [3.63, 3.8) is 0 Å². The predicted octanol–water partition coefficient (Wildman–Crippen LogP) is 12.4. The van der Waals surface area contributed by atoms with Gasteiger partial charge >= 0.3 is 0 Å². The van der Waals surface area contributed by atoms with Gasteiger partial charge in [-0.25, -0.2) is 15.0 Å². The van der Waals surface area contributed by atoms with E-state index in [9.17, 15) is 0 Å². The Kier molecular flexibility index (Phi) is 6.36. The smallest absolute Gasteiger partial charge is 0.160 e. The zero-order valence-electron chi connectivity index (χ0n) is 26.3. The summed E-state index contributed by atoms with van der Waals surface area (Å²) in [6.07, 6.45) is 0. The molecular formula is C45H27N3S. The second-order valence-corrected chi connectivity index (χ2v) is 13.5. The lowest BCUT2D eigenvalue weighted by Gasteiger charge is -2.11. The summed E-state index contributed by atoms with van der Waals surface area (Å²) in [6, 6.07) is 57.8. The summed E-state index contributed by atoms with van der Waals surface area (Å²) in [5, 5.41) is 7.19. The topological polar surface area (TPSA) is 38.7 Å². The molecule has 0 radical (unpaired) electrons. The molecule has 0 saturated carbocycles. The van der Waals surface area contributed by atoms with Crippen molar-refractivity contribution in [3.05, 3.63) is 164 Å². The van der Waals surface area contributed by atoms with Crippen LogP contribution in [0.5, 0.6) is 0 Å². The van der Waals surface area contributed by atoms with Crippen LogP contribution in [0, 0.1) is 0 Å². The molecule has 0 aliphatic carbocycles. The van der Waals surface area contributed by atoms with Crippen LogP contribution in [0.4, 0.5) is 0 Å². The third-order valence-corrected chi connectivity index (χ3v) is 10.7. The number of nitrogens with zero attached hydrogens (tertiary/aromatic N) is 3. The fourth-order valence-corrected chi connectivity index (χ4v) is 8.24. The molecule has 10 aromatic rings. The van der Waals surface area contributed by atoms with Crippen molar-refractivity contribution in [2.24, 2.45) is 0 Å². The molecule has 49 heavy (non-hydrogen) atoms. The third kappa shape index (κ3) is 4.68. The Morgan fingerprint density at radius 2 is 0.959 bits per heavy atom. The van der Waals surface area contributed by atoms with Crippen molar-refractivity contribution < 1.29 is 0 Å². The van der Waals surface area contributed by atoms with Crippen molar-refractivity contribution >= 4 is 64.1 Å². The molecule has 3 heterocycles. The molecule has 7 aromatic carbocycles. The van der Waals surface area contributed by atoms with Gasteiger partial charge in [0.25, 0.3) is 0 Å². The standard InChI is InChI=1S/C45H27N3S/c1-2-10-32(11-3-1)45-47-38-16-8-6-14-35(38)42(48-45)30-22-18-28(19-23-30)29-20-24-31(25-21-29)43-41-36-15-7-9-17-40(36)49-44(41)37-26-33-12-4-5-13-34(33)27-39(37)46-43/h1-27H. The van der Waals surface area contributed by atoms with Gasteiger partial charge in [-0.15, -0.1) is 11.3 Å². The average molecular weight is 642 g/mol. The maximum atomic E-state index is 5.34. The maximum Gasteiger partial charge on any atom is 0.160 e. The van der Waals surface area contributed by atoms with Gasteiger partial charge in [0.15, 0.2) is 5.82 Å². The van der Waals surface area contributed by atoms with E-state index >= 15 is 0 Å². The molecule has 3 aromatic heterocycles. The molecule has 10 rings (SSSR count). The first-order valence-corrected chi connectivity index (χ1v) is 17.3. The van der Waals surface area contributed by atoms with E-state index in [-0.39, 0.29) is 0 Å². The Labute approximate surface area is 286 Å². The Balaban J connectivity index is 1.06. The number of benzene rings is 7. The summed E-state index contributed by atoms with van der Waals surface area (Å²) in [4.78, 5) is 15.3. The van der Waals surface area contributed by atoms with Crippen LogP contribution >= 0.6 is 11.3 Å². The molecule has 0 atom stereocenters. The van der Waals surface area contributed by atoms with E-state index in [1.54, 1.807) is 0 Å². The summed E-state index contributed by atoms with van der Waals surface area (Å²) in [5.74, 6) is 0.733. The second-order valence-electron chi connectivity index (χ2n) is 12.4. The van der Waals surface area contributed by atoms with E-state index in [1.165, 1.54) is 36.3 Å². The number of hydrogen-bond donors (Lipinski definition) is 0. The van der Waals surface area contributed by atoms with Gasteiger partial charge in [-0.3, -0.25) is 0 Å². The van der Waals surface area contributed by atoms with Gasteiger partial charge in [0, 0.05) is 47.6 Å². The van der Waals surface area contributed by atoms with E-state index in [1.807, 2.05) is 41.7 Å². The highest BCUT2D eigenvalue weighted by atomic mass is 32.1. The number of hydrogen-bond acceptors (Lipinski definition) is 4. The number of aromatic nitrogens is 3. The lowest BCUT2D eigenvalue weighted by molar-refractivity contribution is 1.23. The highest BCUT2D eigenvalue weighted by Crippen LogP contribution is 2.43. The van der Waals surface area contributed by atoms with Crippen LogP contribution in [0.15, 0.2) is 164 Å². The van der Waals surface area contributed by atoms with Gasteiger partial charge in [-0.1, -0.05) is 140 Å². The first-order chi connectivity index (χ1) is 24.3. The van der Waals surface area contributed by atoms with E-state index in [0.29, 0.717) is 0 Å². The quantitative estimate of drug-likeness (QED) is 0.180. The van der Waals surface area contributed by atoms with E-state index in [4.69, 9.17) is 15.0 Å². The average Bonchev–Trinajstić information content (AvgIpc) is 3.57. The lowest BCUT2D eigenvalue weighted by atomic mass is 9.97. The monoisotopic (exact) mass is 641 g/mol. The van der Waals surface area contributed by atoms with Crippen molar-refractivity contribution in [3.8, 4) is 45.0 Å². The van der Waals surface area contributed by atoms with Crippen LogP contribution in [0.25, 0.3) is 97.8 Å². The van der Waals surface area contributed by atoms with Crippen molar-refractivity contribution in [2.45, 2.75) is 0 Å². The Morgan fingerprint density at radius 1 is 0.367 bits per heavy atom. The largest absolute Gasteiger partial charge is 0.247 e. The number of fused-ring (bicyclic) bond motifs is 7. The summed E-state index contributed by atoms with van der Waals surface area (Å²) < 4.78 is 2.57. The van der Waals surface area contributed by atoms with E-state index in [0.717, 1.165) is 61.4 Å². The van der Waals surface area contributed by atoms with Gasteiger partial charge in [-0.2, -0.15) is 0 Å². The summed E-state index contributed by atoms with van der Waals surface area (Å²) in [6.45, 7) is 0. The highest BCUT2D eigenvalue weighted by Gasteiger charge is 2.17. The first-order valence-electron chi connectivity index (χ1n) is 16.4. The number of rotatable bonds is 4. The minimum atomic E-state index is 0.733. The molecule has 0 aliphatic rings.